The molecule has 0 unspecified atom stereocenters. The van der Waals surface area contributed by atoms with E-state index < -0.39 is 0 Å². The van der Waals surface area contributed by atoms with Gasteiger partial charge in [0.1, 0.15) is 0 Å². The van der Waals surface area contributed by atoms with Crippen LogP contribution in [0.3, 0.4) is 0 Å². The number of rotatable bonds is 8. The second-order valence-corrected chi connectivity index (χ2v) is 8.01. The summed E-state index contributed by atoms with van der Waals surface area (Å²) in [5.74, 6) is -0.486. The number of hydrogen-bond acceptors (Lipinski definition) is 4. The minimum Gasteiger partial charge on any atom is -0.325 e. The molecule has 0 aromatic heterocycles. The van der Waals surface area contributed by atoms with Gasteiger partial charge in [-0.1, -0.05) is 42.3 Å². The lowest BCUT2D eigenvalue weighted by molar-refractivity contribution is -0.120. The van der Waals surface area contributed by atoms with Crippen LogP contribution < -0.4 is 15.5 Å². The Morgan fingerprint density at radius 1 is 1.03 bits per heavy atom. The van der Waals surface area contributed by atoms with Crippen LogP contribution in [0.1, 0.15) is 19.8 Å². The molecule has 3 rings (SSSR count). The number of para-hydroxylation sites is 1. The van der Waals surface area contributed by atoms with E-state index in [1.54, 1.807) is 46.2 Å². The largest absolute Gasteiger partial charge is 0.325 e. The molecule has 31 heavy (non-hydrogen) atoms. The average Bonchev–Trinajstić information content (AvgIpc) is 3.16. The highest BCUT2D eigenvalue weighted by Gasteiger charge is 2.22. The van der Waals surface area contributed by atoms with E-state index in [0.29, 0.717) is 40.9 Å². The molecule has 1 fully saturated rings. The van der Waals surface area contributed by atoms with Gasteiger partial charge in [-0.05, 0) is 43.3 Å². The highest BCUT2D eigenvalue weighted by Crippen LogP contribution is 2.29. The van der Waals surface area contributed by atoms with Gasteiger partial charge in [0, 0.05) is 24.3 Å². The summed E-state index contributed by atoms with van der Waals surface area (Å²) in [6.45, 7) is 3.09. The molecule has 0 saturated carbocycles. The lowest BCUT2D eigenvalue weighted by Gasteiger charge is -2.20. The maximum Gasteiger partial charge on any atom is 0.238 e. The van der Waals surface area contributed by atoms with Gasteiger partial charge in [0.15, 0.2) is 0 Å². The quantitative estimate of drug-likeness (QED) is 0.620. The van der Waals surface area contributed by atoms with Crippen LogP contribution in [0, 0.1) is 0 Å². The van der Waals surface area contributed by atoms with Crippen molar-refractivity contribution in [2.75, 3.05) is 41.7 Å². The van der Waals surface area contributed by atoms with Crippen molar-refractivity contribution < 1.29 is 14.4 Å². The number of carbonyl (C=O) groups excluding carboxylic acids is 3. The van der Waals surface area contributed by atoms with Crippen molar-refractivity contribution in [2.45, 2.75) is 19.8 Å². The molecule has 0 atom stereocenters. The summed E-state index contributed by atoms with van der Waals surface area (Å²) < 4.78 is 0. The Morgan fingerprint density at radius 3 is 2.29 bits per heavy atom. The van der Waals surface area contributed by atoms with Crippen molar-refractivity contribution in [3.8, 4) is 0 Å². The molecule has 0 radical (unpaired) electrons. The molecule has 0 bridgehead atoms. The normalized spacial score (nSPS) is 13.5. The third-order valence-corrected chi connectivity index (χ3v) is 5.55. The Balaban J connectivity index is 1.56. The van der Waals surface area contributed by atoms with Crippen LogP contribution in [0.5, 0.6) is 0 Å². The monoisotopic (exact) mass is 462 g/mol. The van der Waals surface area contributed by atoms with E-state index in [1.165, 1.54) is 0 Å². The number of halogens is 2. The lowest BCUT2D eigenvalue weighted by Crippen LogP contribution is -2.38. The number of nitrogens with zero attached hydrogens (tertiary/aromatic N) is 2. The van der Waals surface area contributed by atoms with Gasteiger partial charge in [-0.15, -0.1) is 0 Å². The van der Waals surface area contributed by atoms with Gasteiger partial charge in [0.25, 0.3) is 0 Å². The van der Waals surface area contributed by atoms with Gasteiger partial charge < -0.3 is 15.5 Å². The molecular weight excluding hydrogens is 439 g/mol. The fourth-order valence-corrected chi connectivity index (χ4v) is 3.85. The van der Waals surface area contributed by atoms with Gasteiger partial charge in [0.2, 0.25) is 17.7 Å². The zero-order valence-corrected chi connectivity index (χ0v) is 18.7. The summed E-state index contributed by atoms with van der Waals surface area (Å²) in [5, 5.41) is 6.22. The molecule has 1 saturated heterocycles. The van der Waals surface area contributed by atoms with Crippen molar-refractivity contribution in [3.63, 3.8) is 0 Å². The maximum atomic E-state index is 12.5. The number of hydrogen-bond donors (Lipinski definition) is 2. The predicted octanol–water partition coefficient (Wildman–Crippen LogP) is 4.02. The van der Waals surface area contributed by atoms with Crippen LogP contribution in [0.2, 0.25) is 10.0 Å². The van der Waals surface area contributed by atoms with Crippen LogP contribution in [0.4, 0.5) is 17.1 Å². The standard InChI is InChI=1S/C22H24Cl2N4O3/c1-2-27(14-20(30)26-22-17(23)8-4-9-18(22)24)13-19(29)25-15-6-3-7-16(12-15)28-11-5-10-21(28)31/h3-4,6-9,12H,2,5,10-11,13-14H2,1H3,(H,25,29)(H,26,30). The van der Waals surface area contributed by atoms with E-state index in [0.717, 1.165) is 12.1 Å². The number of amides is 3. The van der Waals surface area contributed by atoms with E-state index in [1.807, 2.05) is 13.0 Å². The second kappa shape index (κ2) is 10.6. The molecule has 3 amide bonds. The topological polar surface area (TPSA) is 81.8 Å². The van der Waals surface area contributed by atoms with Crippen molar-refractivity contribution in [1.29, 1.82) is 0 Å². The van der Waals surface area contributed by atoms with Crippen LogP contribution in [0.25, 0.3) is 0 Å². The van der Waals surface area contributed by atoms with Crippen molar-refractivity contribution in [1.82, 2.24) is 4.90 Å². The van der Waals surface area contributed by atoms with Crippen LogP contribution in [-0.4, -0.2) is 48.8 Å². The number of anilines is 3. The molecule has 2 N–H and O–H groups in total. The summed E-state index contributed by atoms with van der Waals surface area (Å²) in [7, 11) is 0. The minimum atomic E-state index is -0.320. The fraction of sp³-hybridized carbons (Fsp3) is 0.318. The van der Waals surface area contributed by atoms with Gasteiger partial charge in [-0.2, -0.15) is 0 Å². The number of benzene rings is 2. The summed E-state index contributed by atoms with van der Waals surface area (Å²) in [5.41, 5.74) is 1.72. The summed E-state index contributed by atoms with van der Waals surface area (Å²) in [6, 6.07) is 12.2. The van der Waals surface area contributed by atoms with Gasteiger partial charge >= 0.3 is 0 Å². The van der Waals surface area contributed by atoms with Crippen molar-refractivity contribution in [2.24, 2.45) is 0 Å². The third kappa shape index (κ3) is 6.19. The van der Waals surface area contributed by atoms with Crippen LogP contribution in [-0.2, 0) is 14.4 Å². The zero-order chi connectivity index (χ0) is 22.4. The van der Waals surface area contributed by atoms with Crippen LogP contribution >= 0.6 is 23.2 Å². The first-order chi connectivity index (χ1) is 14.9. The summed E-state index contributed by atoms with van der Waals surface area (Å²) >= 11 is 12.2. The van der Waals surface area contributed by atoms with E-state index in [9.17, 15) is 14.4 Å². The third-order valence-electron chi connectivity index (χ3n) is 4.92. The highest BCUT2D eigenvalue weighted by molar-refractivity contribution is 6.39. The van der Waals surface area contributed by atoms with Crippen LogP contribution in [0.15, 0.2) is 42.5 Å². The molecule has 2 aromatic rings. The molecule has 7 nitrogen and oxygen atoms in total. The van der Waals surface area contributed by atoms with E-state index >= 15 is 0 Å². The second-order valence-electron chi connectivity index (χ2n) is 7.20. The fourth-order valence-electron chi connectivity index (χ4n) is 3.36. The average molecular weight is 463 g/mol. The molecule has 0 aliphatic carbocycles. The van der Waals surface area contributed by atoms with E-state index in [2.05, 4.69) is 10.6 Å². The molecule has 164 valence electrons. The molecule has 1 heterocycles. The minimum absolute atomic E-state index is 0.00773. The molecule has 2 aromatic carbocycles. The first kappa shape index (κ1) is 23.1. The Morgan fingerprint density at radius 2 is 1.68 bits per heavy atom. The van der Waals surface area contributed by atoms with Crippen molar-refractivity contribution in [3.05, 3.63) is 52.5 Å². The Hall–Kier alpha value is -2.61. The Kier molecular flexibility index (Phi) is 7.90. The summed E-state index contributed by atoms with van der Waals surface area (Å²) in [4.78, 5) is 40.3. The highest BCUT2D eigenvalue weighted by atomic mass is 35.5. The van der Waals surface area contributed by atoms with Crippen molar-refractivity contribution >= 4 is 58.0 Å². The zero-order valence-electron chi connectivity index (χ0n) is 17.2. The Labute approximate surface area is 191 Å². The van der Waals surface area contributed by atoms with Gasteiger partial charge in [-0.3, -0.25) is 19.3 Å². The molecule has 1 aliphatic rings. The molecule has 1 aliphatic heterocycles. The van der Waals surface area contributed by atoms with E-state index in [-0.39, 0.29) is 30.8 Å². The lowest BCUT2D eigenvalue weighted by atomic mass is 10.2. The number of likely N-dealkylation sites (N-methyl/N-ethyl adjacent to an activating group) is 1. The first-order valence-electron chi connectivity index (χ1n) is 10.0. The molecular formula is C22H24Cl2N4O3. The predicted molar refractivity (Wildman–Crippen MR) is 124 cm³/mol. The first-order valence-corrected chi connectivity index (χ1v) is 10.8. The maximum absolute atomic E-state index is 12.5. The smallest absolute Gasteiger partial charge is 0.238 e. The van der Waals surface area contributed by atoms with Gasteiger partial charge in [-0.25, -0.2) is 0 Å². The molecule has 0 spiro atoms. The summed E-state index contributed by atoms with van der Waals surface area (Å²) in [6.07, 6.45) is 1.38. The number of carbonyl (C=O) groups is 3. The SMILES string of the molecule is CCN(CC(=O)Nc1cccc(N2CCCC2=O)c1)CC(=O)Nc1c(Cl)cccc1Cl. The Bertz CT molecular complexity index is 963. The van der Waals surface area contributed by atoms with Gasteiger partial charge in [0.05, 0.1) is 28.8 Å². The molecule has 9 heteroatoms. The number of nitrogens with one attached hydrogen (secondary N) is 2. The van der Waals surface area contributed by atoms with E-state index in [4.69, 9.17) is 23.2 Å².